The fraction of sp³-hybridized carbons (Fsp3) is 0.182. The van der Waals surface area contributed by atoms with Gasteiger partial charge in [0.15, 0.2) is 12.2 Å². The minimum absolute atomic E-state index is 0.143. The molecule has 2 aliphatic heterocycles. The van der Waals surface area contributed by atoms with Gasteiger partial charge < -0.3 is 4.42 Å². The molecule has 0 saturated heterocycles. The highest BCUT2D eigenvalue weighted by molar-refractivity contribution is 6.19. The summed E-state index contributed by atoms with van der Waals surface area (Å²) in [4.78, 5) is 9.74. The molecule has 0 amide bonds. The lowest BCUT2D eigenvalue weighted by atomic mass is 9.76. The maximum absolute atomic E-state index is 6.40. The Morgan fingerprint density at radius 2 is 1.84 bits per heavy atom. The summed E-state index contributed by atoms with van der Waals surface area (Å²) < 4.78 is 8.80. The van der Waals surface area contributed by atoms with Crippen LogP contribution in [0, 0.1) is 6.92 Å². The van der Waals surface area contributed by atoms with Crippen molar-refractivity contribution >= 4 is 27.8 Å². The van der Waals surface area contributed by atoms with Crippen molar-refractivity contribution in [3.05, 3.63) is 120 Å². The molecule has 0 aliphatic carbocycles. The van der Waals surface area contributed by atoms with Crippen LogP contribution < -0.4 is 4.57 Å². The van der Waals surface area contributed by atoms with Crippen molar-refractivity contribution in [1.29, 1.82) is 0 Å². The average Bonchev–Trinajstić information content (AvgIpc) is 3.29. The molecule has 0 fully saturated rings. The van der Waals surface area contributed by atoms with Gasteiger partial charge in [-0.05, 0) is 61.2 Å². The largest absolute Gasteiger partial charge is 0.437 e. The maximum atomic E-state index is 6.40. The molecule has 5 aromatic rings. The molecule has 0 bridgehead atoms. The molecule has 5 heterocycles. The molecular weight excluding hydrogens is 454 g/mol. The van der Waals surface area contributed by atoms with E-state index in [1.54, 1.807) is 0 Å². The van der Waals surface area contributed by atoms with Gasteiger partial charge in [-0.2, -0.15) is 4.57 Å². The zero-order valence-corrected chi connectivity index (χ0v) is 20.9. The number of nitrogens with zero attached hydrogens (tertiary/aromatic N) is 3. The van der Waals surface area contributed by atoms with Crippen molar-refractivity contribution in [3.8, 4) is 11.3 Å². The van der Waals surface area contributed by atoms with Gasteiger partial charge in [0.2, 0.25) is 11.4 Å². The van der Waals surface area contributed by atoms with Crippen LogP contribution in [0.15, 0.2) is 107 Å². The number of furan rings is 1. The molecule has 0 N–H and O–H groups in total. The number of rotatable bonds is 1. The van der Waals surface area contributed by atoms with E-state index in [2.05, 4.69) is 89.6 Å². The predicted octanol–water partition coefficient (Wildman–Crippen LogP) is 7.06. The number of fused-ring (bicyclic) bond motifs is 11. The lowest BCUT2D eigenvalue weighted by Crippen LogP contribution is -2.48. The van der Waals surface area contributed by atoms with Gasteiger partial charge in [-0.3, -0.25) is 4.99 Å². The highest BCUT2D eigenvalue weighted by atomic mass is 16.3. The van der Waals surface area contributed by atoms with E-state index in [1.807, 2.05) is 19.1 Å². The van der Waals surface area contributed by atoms with Gasteiger partial charge in [-0.25, -0.2) is 4.98 Å². The summed E-state index contributed by atoms with van der Waals surface area (Å²) in [5.74, 6) is 0.299. The van der Waals surface area contributed by atoms with Crippen molar-refractivity contribution in [2.75, 3.05) is 6.54 Å². The Morgan fingerprint density at radius 1 is 1.00 bits per heavy atom. The first-order valence-electron chi connectivity index (χ1n) is 12.9. The number of aliphatic imine (C=N–C) groups is 1. The van der Waals surface area contributed by atoms with E-state index in [4.69, 9.17) is 9.41 Å². The van der Waals surface area contributed by atoms with E-state index in [0.29, 0.717) is 18.2 Å². The number of hydrogen-bond donors (Lipinski definition) is 0. The van der Waals surface area contributed by atoms with Crippen LogP contribution in [0.2, 0.25) is 0 Å². The van der Waals surface area contributed by atoms with Gasteiger partial charge in [-0.15, -0.1) is 0 Å². The number of aryl methyl sites for hydroxylation is 2. The van der Waals surface area contributed by atoms with Crippen LogP contribution in [-0.4, -0.2) is 17.2 Å². The van der Waals surface area contributed by atoms with Gasteiger partial charge in [0, 0.05) is 45.3 Å². The summed E-state index contributed by atoms with van der Waals surface area (Å²) in [6.07, 6.45) is 5.93. The van der Waals surface area contributed by atoms with Gasteiger partial charge >= 0.3 is 0 Å². The highest BCUT2D eigenvalue weighted by Gasteiger charge is 2.41. The average molecular weight is 483 g/mol. The smallest absolute Gasteiger partial charge is 0.227 e. The van der Waals surface area contributed by atoms with Gasteiger partial charge in [0.05, 0.1) is 18.2 Å². The van der Waals surface area contributed by atoms with Crippen molar-refractivity contribution in [2.45, 2.75) is 31.7 Å². The molecule has 2 aliphatic rings. The van der Waals surface area contributed by atoms with E-state index in [0.717, 1.165) is 51.7 Å². The number of pyridine rings is 2. The molecule has 2 unspecified atom stereocenters. The fourth-order valence-electron chi connectivity index (χ4n) is 6.32. The fourth-order valence-corrected chi connectivity index (χ4v) is 6.32. The van der Waals surface area contributed by atoms with E-state index in [9.17, 15) is 0 Å². The third-order valence-corrected chi connectivity index (χ3v) is 7.98. The second-order valence-corrected chi connectivity index (χ2v) is 10.1. The molecule has 0 spiro atoms. The normalized spacial score (nSPS) is 20.4. The Labute approximate surface area is 216 Å². The van der Waals surface area contributed by atoms with Gasteiger partial charge in [0.1, 0.15) is 5.58 Å². The first-order chi connectivity index (χ1) is 18.1. The molecular formula is C33H28N3O+. The molecule has 0 radical (unpaired) electrons. The van der Waals surface area contributed by atoms with Gasteiger partial charge in [0.25, 0.3) is 0 Å². The van der Waals surface area contributed by atoms with E-state index in [-0.39, 0.29) is 6.04 Å². The number of benzene rings is 2. The lowest BCUT2D eigenvalue weighted by Gasteiger charge is -2.32. The number of aromatic nitrogens is 2. The van der Waals surface area contributed by atoms with Crippen molar-refractivity contribution in [1.82, 2.24) is 4.98 Å². The van der Waals surface area contributed by atoms with E-state index >= 15 is 0 Å². The Balaban J connectivity index is 1.44. The number of allylic oxidation sites excluding steroid dienone is 1. The standard InChI is InChI=1S/C33H28N3O/c1-4-28-30-22(14-17-26-27-15-12-21(3)35-33(27)37-32(26)30)13-16-25-23-9-5-6-10-24(23)29-11-7-8-18-36(29)31(25)20(2)19-34-28/h4-12,14-15,17-18,25,31H,1-2,13,16,19H2,3H3/q+1/b34-28-. The van der Waals surface area contributed by atoms with Crippen LogP contribution in [0.4, 0.5) is 0 Å². The molecule has 3 aromatic heterocycles. The topological polar surface area (TPSA) is 42.3 Å². The molecule has 0 saturated carbocycles. The quantitative estimate of drug-likeness (QED) is 0.190. The summed E-state index contributed by atoms with van der Waals surface area (Å²) >= 11 is 0. The van der Waals surface area contributed by atoms with E-state index < -0.39 is 0 Å². The monoisotopic (exact) mass is 482 g/mol. The summed E-state index contributed by atoms with van der Waals surface area (Å²) in [5, 5.41) is 2.10. The van der Waals surface area contributed by atoms with Crippen molar-refractivity contribution in [2.24, 2.45) is 4.99 Å². The zero-order chi connectivity index (χ0) is 25.1. The SMILES string of the molecule is C=C/C1=N/CC(=C)C2C(CCc3ccc4c(oc5nc(C)ccc54)c31)c1ccccc1-c1cccc[n+]12. The third-order valence-electron chi connectivity index (χ3n) is 7.98. The predicted molar refractivity (Wildman–Crippen MR) is 149 cm³/mol. The van der Waals surface area contributed by atoms with Crippen LogP contribution >= 0.6 is 0 Å². The minimum atomic E-state index is 0.143. The Morgan fingerprint density at radius 3 is 2.73 bits per heavy atom. The molecule has 37 heavy (non-hydrogen) atoms. The Hall–Kier alpha value is -4.31. The second kappa shape index (κ2) is 8.38. The summed E-state index contributed by atoms with van der Waals surface area (Å²) in [6.45, 7) is 11.2. The van der Waals surface area contributed by atoms with Gasteiger partial charge in [-0.1, -0.05) is 43.5 Å². The highest BCUT2D eigenvalue weighted by Crippen LogP contribution is 2.44. The molecule has 7 rings (SSSR count). The summed E-state index contributed by atoms with van der Waals surface area (Å²) in [5.41, 5.74) is 10.6. The molecule has 2 aromatic carbocycles. The zero-order valence-electron chi connectivity index (χ0n) is 20.9. The summed E-state index contributed by atoms with van der Waals surface area (Å²) in [6, 6.07) is 24.0. The Kier molecular flexibility index (Phi) is 4.97. The summed E-state index contributed by atoms with van der Waals surface area (Å²) in [7, 11) is 0. The molecule has 2 atom stereocenters. The van der Waals surface area contributed by atoms with Crippen molar-refractivity contribution in [3.63, 3.8) is 0 Å². The molecule has 4 heteroatoms. The van der Waals surface area contributed by atoms with Crippen LogP contribution in [0.3, 0.4) is 0 Å². The van der Waals surface area contributed by atoms with Crippen LogP contribution in [0.5, 0.6) is 0 Å². The third kappa shape index (κ3) is 3.32. The molecule has 4 nitrogen and oxygen atoms in total. The maximum Gasteiger partial charge on any atom is 0.227 e. The lowest BCUT2D eigenvalue weighted by molar-refractivity contribution is -0.709. The van der Waals surface area contributed by atoms with Crippen LogP contribution in [0.1, 0.15) is 40.8 Å². The Bertz CT molecular complexity index is 1770. The molecule has 180 valence electrons. The van der Waals surface area contributed by atoms with E-state index in [1.165, 1.54) is 22.4 Å². The van der Waals surface area contributed by atoms with Crippen LogP contribution in [0.25, 0.3) is 33.3 Å². The van der Waals surface area contributed by atoms with Crippen molar-refractivity contribution < 1.29 is 8.98 Å². The number of hydrogen-bond acceptors (Lipinski definition) is 3. The van der Waals surface area contributed by atoms with Crippen LogP contribution in [-0.2, 0) is 6.42 Å². The minimum Gasteiger partial charge on any atom is -0.437 e. The first kappa shape index (κ1) is 21.9. The first-order valence-corrected chi connectivity index (χ1v) is 12.9. The second-order valence-electron chi connectivity index (χ2n) is 10.1.